The van der Waals surface area contributed by atoms with Crippen LogP contribution in [0.4, 0.5) is 0 Å². The van der Waals surface area contributed by atoms with E-state index in [2.05, 4.69) is 10.3 Å². The lowest BCUT2D eigenvalue weighted by Crippen LogP contribution is -2.96. The van der Waals surface area contributed by atoms with Gasteiger partial charge in [-0.05, 0) is 58.9 Å². The predicted octanol–water partition coefficient (Wildman–Crippen LogP) is 3.08. The quantitative estimate of drug-likeness (QED) is 0.819. The summed E-state index contributed by atoms with van der Waals surface area (Å²) < 4.78 is 0. The first-order valence-corrected chi connectivity index (χ1v) is 9.01. The third-order valence-electron chi connectivity index (χ3n) is 5.16. The standard InChI is InChI=1S/C19H30N2O2/c1-12-17(15(4)22)13(2)21-18(12)19(23)14(3)20-16-10-8-6-5-7-9-11-16/h14,16,20-21H,5-11H2,1-4H3/p+1/t14-/m0/s1. The molecule has 23 heavy (non-hydrogen) atoms. The van der Waals surface area contributed by atoms with Crippen LogP contribution < -0.4 is 5.32 Å². The van der Waals surface area contributed by atoms with Gasteiger partial charge in [0.2, 0.25) is 5.78 Å². The fraction of sp³-hybridized carbons (Fsp3) is 0.684. The monoisotopic (exact) mass is 319 g/mol. The van der Waals surface area contributed by atoms with Crippen molar-refractivity contribution in [1.82, 2.24) is 4.98 Å². The number of carbonyl (C=O) groups is 2. The Kier molecular flexibility index (Phi) is 6.17. The van der Waals surface area contributed by atoms with Gasteiger partial charge < -0.3 is 10.3 Å². The van der Waals surface area contributed by atoms with Gasteiger partial charge in [-0.2, -0.15) is 0 Å². The minimum Gasteiger partial charge on any atom is -0.355 e. The van der Waals surface area contributed by atoms with Gasteiger partial charge in [0.1, 0.15) is 6.04 Å². The van der Waals surface area contributed by atoms with Crippen molar-refractivity contribution in [2.24, 2.45) is 0 Å². The van der Waals surface area contributed by atoms with Crippen LogP contribution in [-0.4, -0.2) is 28.6 Å². The Morgan fingerprint density at radius 1 is 1.09 bits per heavy atom. The number of nitrogens with one attached hydrogen (secondary N) is 1. The van der Waals surface area contributed by atoms with Crippen molar-refractivity contribution >= 4 is 11.6 Å². The molecule has 1 fully saturated rings. The lowest BCUT2D eigenvalue weighted by Gasteiger charge is -2.21. The van der Waals surface area contributed by atoms with E-state index in [9.17, 15) is 9.59 Å². The zero-order chi connectivity index (χ0) is 17.0. The molecule has 1 aromatic rings. The van der Waals surface area contributed by atoms with Crippen molar-refractivity contribution in [3.8, 4) is 0 Å². The number of aryl methyl sites for hydroxylation is 1. The summed E-state index contributed by atoms with van der Waals surface area (Å²) in [5, 5.41) is 2.25. The second-order valence-corrected chi connectivity index (χ2v) is 7.13. The smallest absolute Gasteiger partial charge is 0.235 e. The molecule has 0 amide bonds. The van der Waals surface area contributed by atoms with Gasteiger partial charge in [-0.25, -0.2) is 0 Å². The van der Waals surface area contributed by atoms with E-state index in [0.717, 1.165) is 11.3 Å². The summed E-state index contributed by atoms with van der Waals surface area (Å²) in [5.74, 6) is 0.132. The lowest BCUT2D eigenvalue weighted by molar-refractivity contribution is -0.707. The van der Waals surface area contributed by atoms with Gasteiger partial charge in [0.15, 0.2) is 5.78 Å². The lowest BCUT2D eigenvalue weighted by atomic mass is 9.95. The summed E-state index contributed by atoms with van der Waals surface area (Å²) >= 11 is 0. The summed E-state index contributed by atoms with van der Waals surface area (Å²) in [4.78, 5) is 27.7. The Labute approximate surface area is 139 Å². The Morgan fingerprint density at radius 2 is 1.65 bits per heavy atom. The Balaban J connectivity index is 2.07. The van der Waals surface area contributed by atoms with Crippen LogP contribution in [0.15, 0.2) is 0 Å². The second-order valence-electron chi connectivity index (χ2n) is 7.13. The molecule has 0 aromatic carbocycles. The fourth-order valence-corrected chi connectivity index (χ4v) is 3.93. The molecule has 2 rings (SSSR count). The number of hydrogen-bond acceptors (Lipinski definition) is 2. The molecule has 1 saturated carbocycles. The van der Waals surface area contributed by atoms with Gasteiger partial charge in [0.05, 0.1) is 11.7 Å². The van der Waals surface area contributed by atoms with Crippen LogP contribution in [-0.2, 0) is 0 Å². The number of aromatic amines is 1. The van der Waals surface area contributed by atoms with Crippen molar-refractivity contribution in [2.45, 2.75) is 84.7 Å². The molecule has 0 aliphatic heterocycles. The summed E-state index contributed by atoms with van der Waals surface area (Å²) in [6, 6.07) is 0.453. The number of quaternary nitrogens is 1. The maximum Gasteiger partial charge on any atom is 0.235 e. The topological polar surface area (TPSA) is 66.5 Å². The molecule has 128 valence electrons. The van der Waals surface area contributed by atoms with Crippen LogP contribution in [0.3, 0.4) is 0 Å². The van der Waals surface area contributed by atoms with Gasteiger partial charge in [-0.1, -0.05) is 19.3 Å². The molecule has 1 heterocycles. The summed E-state index contributed by atoms with van der Waals surface area (Å²) in [6.45, 7) is 7.28. The predicted molar refractivity (Wildman–Crippen MR) is 92.1 cm³/mol. The van der Waals surface area contributed by atoms with Crippen molar-refractivity contribution in [3.05, 3.63) is 22.5 Å². The van der Waals surface area contributed by atoms with Crippen molar-refractivity contribution < 1.29 is 14.9 Å². The number of ketones is 2. The van der Waals surface area contributed by atoms with Crippen LogP contribution in [0.1, 0.15) is 90.9 Å². The van der Waals surface area contributed by atoms with Crippen LogP contribution >= 0.6 is 0 Å². The minimum absolute atomic E-state index is 0.0203. The van der Waals surface area contributed by atoms with Crippen LogP contribution in [0, 0.1) is 13.8 Å². The van der Waals surface area contributed by atoms with Gasteiger partial charge in [0.25, 0.3) is 0 Å². The molecular weight excluding hydrogens is 288 g/mol. The number of Topliss-reactive ketones (excluding diaryl/α,β-unsaturated/α-hetero) is 2. The first-order valence-electron chi connectivity index (χ1n) is 9.01. The van der Waals surface area contributed by atoms with E-state index in [1.165, 1.54) is 44.9 Å². The molecule has 4 nitrogen and oxygen atoms in total. The molecular formula is C19H31N2O2+. The Bertz CT molecular complexity index is 566. The first-order chi connectivity index (χ1) is 10.9. The molecule has 1 aliphatic rings. The normalized spacial score (nSPS) is 18.3. The average molecular weight is 319 g/mol. The van der Waals surface area contributed by atoms with E-state index in [1.54, 1.807) is 6.92 Å². The van der Waals surface area contributed by atoms with Crippen LogP contribution in [0.2, 0.25) is 0 Å². The first kappa shape index (κ1) is 17.9. The van der Waals surface area contributed by atoms with E-state index in [4.69, 9.17) is 0 Å². The molecule has 0 spiro atoms. The molecule has 0 radical (unpaired) electrons. The van der Waals surface area contributed by atoms with E-state index in [0.29, 0.717) is 17.3 Å². The second kappa shape index (κ2) is 7.91. The summed E-state index contributed by atoms with van der Waals surface area (Å²) in [6.07, 6.45) is 8.97. The SMILES string of the molecule is CC(=O)c1c(C)[nH]c(C(=O)[C@H](C)[NH2+]C2CCCCCCC2)c1C. The van der Waals surface area contributed by atoms with Crippen molar-refractivity contribution in [1.29, 1.82) is 0 Å². The van der Waals surface area contributed by atoms with Gasteiger partial charge in [-0.15, -0.1) is 0 Å². The maximum absolute atomic E-state index is 12.8. The van der Waals surface area contributed by atoms with Crippen LogP contribution in [0.25, 0.3) is 0 Å². The molecule has 1 aromatic heterocycles. The summed E-state index contributed by atoms with van der Waals surface area (Å²) in [5.41, 5.74) is 2.89. The largest absolute Gasteiger partial charge is 0.355 e. The van der Waals surface area contributed by atoms with Crippen molar-refractivity contribution in [2.75, 3.05) is 0 Å². The highest BCUT2D eigenvalue weighted by Gasteiger charge is 2.27. The van der Waals surface area contributed by atoms with Gasteiger partial charge in [-0.3, -0.25) is 9.59 Å². The zero-order valence-corrected chi connectivity index (χ0v) is 15.0. The van der Waals surface area contributed by atoms with Gasteiger partial charge in [0, 0.05) is 11.3 Å². The third kappa shape index (κ3) is 4.31. The Morgan fingerprint density at radius 3 is 2.17 bits per heavy atom. The molecule has 0 saturated heterocycles. The molecule has 0 bridgehead atoms. The van der Waals surface area contributed by atoms with E-state index in [1.807, 2.05) is 20.8 Å². The number of carbonyl (C=O) groups excluding carboxylic acids is 2. The number of rotatable bonds is 5. The summed E-state index contributed by atoms with van der Waals surface area (Å²) in [7, 11) is 0. The zero-order valence-electron chi connectivity index (χ0n) is 15.0. The maximum atomic E-state index is 12.8. The van der Waals surface area contributed by atoms with E-state index in [-0.39, 0.29) is 17.6 Å². The molecule has 4 heteroatoms. The molecule has 1 atom stereocenters. The van der Waals surface area contributed by atoms with Crippen LogP contribution in [0.5, 0.6) is 0 Å². The average Bonchev–Trinajstić information content (AvgIpc) is 2.75. The van der Waals surface area contributed by atoms with Crippen molar-refractivity contribution in [3.63, 3.8) is 0 Å². The fourth-order valence-electron chi connectivity index (χ4n) is 3.93. The van der Waals surface area contributed by atoms with E-state index >= 15 is 0 Å². The number of aromatic nitrogens is 1. The highest BCUT2D eigenvalue weighted by molar-refractivity contribution is 6.04. The molecule has 3 N–H and O–H groups in total. The number of nitrogens with two attached hydrogens (primary N) is 1. The minimum atomic E-state index is -0.101. The highest BCUT2D eigenvalue weighted by Crippen LogP contribution is 2.20. The third-order valence-corrected chi connectivity index (χ3v) is 5.16. The molecule has 0 unspecified atom stereocenters. The van der Waals surface area contributed by atoms with Gasteiger partial charge >= 0.3 is 0 Å². The highest BCUT2D eigenvalue weighted by atomic mass is 16.1. The molecule has 1 aliphatic carbocycles. The van der Waals surface area contributed by atoms with E-state index < -0.39 is 0 Å². The number of hydrogen-bond donors (Lipinski definition) is 2. The Hall–Kier alpha value is -1.42. The number of H-pyrrole nitrogens is 1.